The van der Waals surface area contributed by atoms with Crippen molar-refractivity contribution in [1.82, 2.24) is 9.80 Å². The number of nitrogens with zero attached hydrogens (tertiary/aromatic N) is 3. The SMILES string of the molecule is CN1CCN(C2=Nc3ccccc3Nc3sc4cc(F)ccc4c32)CC1. The molecule has 2 aromatic carbocycles. The molecule has 26 heavy (non-hydrogen) atoms. The van der Waals surface area contributed by atoms with E-state index in [0.29, 0.717) is 0 Å². The number of nitrogens with one attached hydrogen (secondary N) is 1. The zero-order valence-corrected chi connectivity index (χ0v) is 15.3. The van der Waals surface area contributed by atoms with E-state index in [4.69, 9.17) is 4.99 Å². The Labute approximate surface area is 155 Å². The fourth-order valence-electron chi connectivity index (χ4n) is 3.60. The first-order chi connectivity index (χ1) is 12.7. The minimum atomic E-state index is -0.201. The molecule has 1 N–H and O–H groups in total. The zero-order chi connectivity index (χ0) is 17.7. The third kappa shape index (κ3) is 2.57. The summed E-state index contributed by atoms with van der Waals surface area (Å²) in [7, 11) is 2.15. The third-order valence-corrected chi connectivity index (χ3v) is 6.13. The fourth-order valence-corrected chi connectivity index (χ4v) is 4.73. The van der Waals surface area contributed by atoms with Crippen LogP contribution in [0.4, 0.5) is 20.8 Å². The van der Waals surface area contributed by atoms with Gasteiger partial charge in [0.25, 0.3) is 0 Å². The Bertz CT molecular complexity index is 1020. The molecule has 1 aromatic heterocycles. The molecule has 1 fully saturated rings. The van der Waals surface area contributed by atoms with Crippen molar-refractivity contribution in [3.63, 3.8) is 0 Å². The van der Waals surface area contributed by atoms with E-state index in [-0.39, 0.29) is 5.82 Å². The van der Waals surface area contributed by atoms with Gasteiger partial charge in [0, 0.05) is 36.3 Å². The Morgan fingerprint density at radius 3 is 2.73 bits per heavy atom. The van der Waals surface area contributed by atoms with Crippen LogP contribution in [0.5, 0.6) is 0 Å². The summed E-state index contributed by atoms with van der Waals surface area (Å²) in [5.74, 6) is 0.788. The molecule has 0 aliphatic carbocycles. The number of thiophene rings is 1. The average Bonchev–Trinajstić information content (AvgIpc) is 2.89. The monoisotopic (exact) mass is 366 g/mol. The van der Waals surface area contributed by atoms with Gasteiger partial charge in [-0.05, 0) is 37.4 Å². The second-order valence-electron chi connectivity index (χ2n) is 6.81. The summed E-state index contributed by atoms with van der Waals surface area (Å²) in [6.45, 7) is 3.91. The van der Waals surface area contributed by atoms with Crippen LogP contribution in [0.1, 0.15) is 5.56 Å². The van der Waals surface area contributed by atoms with Gasteiger partial charge in [0.1, 0.15) is 16.7 Å². The van der Waals surface area contributed by atoms with Crippen molar-refractivity contribution >= 4 is 43.6 Å². The first-order valence-corrected chi connectivity index (χ1v) is 9.61. The lowest BCUT2D eigenvalue weighted by atomic mass is 10.1. The van der Waals surface area contributed by atoms with Crippen LogP contribution in [-0.2, 0) is 0 Å². The van der Waals surface area contributed by atoms with Crippen molar-refractivity contribution in [3.8, 4) is 0 Å². The van der Waals surface area contributed by atoms with Crippen LogP contribution < -0.4 is 5.32 Å². The number of aliphatic imine (C=N–C) groups is 1. The lowest BCUT2D eigenvalue weighted by Gasteiger charge is -2.34. The van der Waals surface area contributed by atoms with E-state index >= 15 is 0 Å². The average molecular weight is 366 g/mol. The van der Waals surface area contributed by atoms with E-state index < -0.39 is 0 Å². The molecule has 5 rings (SSSR count). The first-order valence-electron chi connectivity index (χ1n) is 8.80. The van der Waals surface area contributed by atoms with Gasteiger partial charge < -0.3 is 15.1 Å². The van der Waals surface area contributed by atoms with Gasteiger partial charge in [-0.15, -0.1) is 11.3 Å². The van der Waals surface area contributed by atoms with Crippen LogP contribution in [0, 0.1) is 5.82 Å². The molecule has 3 heterocycles. The van der Waals surface area contributed by atoms with Gasteiger partial charge in [-0.2, -0.15) is 0 Å². The predicted octanol–water partition coefficient (Wildman–Crippen LogP) is 4.42. The summed E-state index contributed by atoms with van der Waals surface area (Å²) in [6.07, 6.45) is 0. The minimum Gasteiger partial charge on any atom is -0.353 e. The highest BCUT2D eigenvalue weighted by Gasteiger charge is 2.27. The van der Waals surface area contributed by atoms with E-state index in [1.807, 2.05) is 30.3 Å². The topological polar surface area (TPSA) is 30.9 Å². The van der Waals surface area contributed by atoms with E-state index in [1.165, 1.54) is 6.07 Å². The molecule has 0 radical (unpaired) electrons. The van der Waals surface area contributed by atoms with Crippen molar-refractivity contribution in [2.45, 2.75) is 0 Å². The van der Waals surface area contributed by atoms with Gasteiger partial charge in [0.15, 0.2) is 0 Å². The van der Waals surface area contributed by atoms with Gasteiger partial charge in [-0.25, -0.2) is 9.38 Å². The van der Waals surface area contributed by atoms with Crippen LogP contribution in [0.3, 0.4) is 0 Å². The number of hydrogen-bond donors (Lipinski definition) is 1. The maximum atomic E-state index is 13.8. The van der Waals surface area contributed by atoms with Crippen LogP contribution in [-0.4, -0.2) is 48.9 Å². The molecule has 0 atom stereocenters. The van der Waals surface area contributed by atoms with Gasteiger partial charge in [0.2, 0.25) is 0 Å². The molecule has 2 aliphatic rings. The Hall–Kier alpha value is -2.44. The maximum Gasteiger partial charge on any atom is 0.140 e. The molecule has 3 aromatic rings. The van der Waals surface area contributed by atoms with Crippen LogP contribution >= 0.6 is 11.3 Å². The van der Waals surface area contributed by atoms with Crippen molar-refractivity contribution in [2.75, 3.05) is 38.5 Å². The summed E-state index contributed by atoms with van der Waals surface area (Å²) in [5.41, 5.74) is 3.02. The number of likely N-dealkylation sites (N-methyl/N-ethyl adjacent to an activating group) is 1. The molecule has 132 valence electrons. The molecule has 0 amide bonds. The minimum absolute atomic E-state index is 0.201. The number of hydrogen-bond acceptors (Lipinski definition) is 5. The van der Waals surface area contributed by atoms with Crippen molar-refractivity contribution in [2.24, 2.45) is 4.99 Å². The number of fused-ring (bicyclic) bond motifs is 4. The van der Waals surface area contributed by atoms with Crippen LogP contribution in [0.2, 0.25) is 0 Å². The third-order valence-electron chi connectivity index (χ3n) is 5.06. The molecule has 1 saturated heterocycles. The summed E-state index contributed by atoms with van der Waals surface area (Å²) in [6, 6.07) is 13.1. The number of rotatable bonds is 0. The Balaban J connectivity index is 1.73. The van der Waals surface area contributed by atoms with Gasteiger partial charge in [0.05, 0.1) is 16.9 Å². The number of anilines is 2. The number of halogens is 1. The molecule has 4 nitrogen and oxygen atoms in total. The Kier molecular flexibility index (Phi) is 3.69. The summed E-state index contributed by atoms with van der Waals surface area (Å²) in [4.78, 5) is 9.74. The smallest absolute Gasteiger partial charge is 0.140 e. The van der Waals surface area contributed by atoms with Crippen LogP contribution in [0.25, 0.3) is 10.1 Å². The van der Waals surface area contributed by atoms with Crippen molar-refractivity contribution in [3.05, 3.63) is 53.8 Å². The van der Waals surface area contributed by atoms with E-state index in [9.17, 15) is 4.39 Å². The standard InChI is InChI=1S/C20H19FN4S/c1-24-8-10-25(11-9-24)19-18-14-7-6-13(21)12-17(14)26-20(18)23-16-5-3-2-4-15(16)22-19/h2-7,12,23H,8-11H2,1H3. The van der Waals surface area contributed by atoms with Crippen molar-refractivity contribution in [1.29, 1.82) is 0 Å². The molecule has 2 aliphatic heterocycles. The second kappa shape index (κ2) is 6.07. The lowest BCUT2D eigenvalue weighted by Crippen LogP contribution is -2.47. The molecule has 6 heteroatoms. The zero-order valence-electron chi connectivity index (χ0n) is 14.5. The quantitative estimate of drug-likeness (QED) is 0.639. The predicted molar refractivity (Wildman–Crippen MR) is 107 cm³/mol. The Morgan fingerprint density at radius 2 is 1.88 bits per heavy atom. The van der Waals surface area contributed by atoms with Gasteiger partial charge >= 0.3 is 0 Å². The Morgan fingerprint density at radius 1 is 1.08 bits per heavy atom. The second-order valence-corrected chi connectivity index (χ2v) is 7.87. The van der Waals surface area contributed by atoms with Crippen LogP contribution in [0.15, 0.2) is 47.5 Å². The summed E-state index contributed by atoms with van der Waals surface area (Å²) >= 11 is 1.59. The molecular formula is C20H19FN4S. The largest absolute Gasteiger partial charge is 0.353 e. The molecule has 0 saturated carbocycles. The van der Waals surface area contributed by atoms with E-state index in [0.717, 1.165) is 64.0 Å². The fraction of sp³-hybridized carbons (Fsp3) is 0.250. The molecule has 0 spiro atoms. The highest BCUT2D eigenvalue weighted by Crippen LogP contribution is 2.43. The first kappa shape index (κ1) is 15.8. The normalized spacial score (nSPS) is 17.3. The molecule has 0 bridgehead atoms. The maximum absolute atomic E-state index is 13.8. The van der Waals surface area contributed by atoms with E-state index in [2.05, 4.69) is 22.2 Å². The van der Waals surface area contributed by atoms with E-state index in [1.54, 1.807) is 17.4 Å². The summed E-state index contributed by atoms with van der Waals surface area (Å²) in [5, 5.41) is 5.63. The highest BCUT2D eigenvalue weighted by molar-refractivity contribution is 7.23. The molecular weight excluding hydrogens is 347 g/mol. The van der Waals surface area contributed by atoms with Gasteiger partial charge in [-0.3, -0.25) is 0 Å². The summed E-state index contributed by atoms with van der Waals surface area (Å²) < 4.78 is 14.7. The highest BCUT2D eigenvalue weighted by atomic mass is 32.1. The lowest BCUT2D eigenvalue weighted by molar-refractivity contribution is 0.216. The number of para-hydroxylation sites is 2. The molecule has 0 unspecified atom stereocenters. The van der Waals surface area contributed by atoms with Gasteiger partial charge in [-0.1, -0.05) is 12.1 Å². The number of piperazine rings is 1. The van der Waals surface area contributed by atoms with Crippen molar-refractivity contribution < 1.29 is 4.39 Å². The number of benzene rings is 2. The number of amidine groups is 1.